The zero-order valence-corrected chi connectivity index (χ0v) is 9.01. The van der Waals surface area contributed by atoms with Gasteiger partial charge in [0.25, 0.3) is 0 Å². The van der Waals surface area contributed by atoms with Crippen molar-refractivity contribution >= 4 is 5.82 Å². The maximum Gasteiger partial charge on any atom is 0.145 e. The molecule has 2 N–H and O–H groups in total. The van der Waals surface area contributed by atoms with E-state index in [2.05, 4.69) is 10.1 Å². The van der Waals surface area contributed by atoms with E-state index in [1.54, 1.807) is 6.20 Å². The Morgan fingerprint density at radius 3 is 2.80 bits per heavy atom. The first-order valence-corrected chi connectivity index (χ1v) is 4.93. The molecule has 5 heteroatoms. The molecule has 0 fully saturated rings. The van der Waals surface area contributed by atoms with Gasteiger partial charge in [-0.1, -0.05) is 0 Å². The lowest BCUT2D eigenvalue weighted by Gasteiger charge is -2.04. The Bertz CT molecular complexity index is 454. The molecule has 2 heterocycles. The van der Waals surface area contributed by atoms with Crippen LogP contribution in [0.5, 0.6) is 0 Å². The largest absolute Gasteiger partial charge is 0.382 e. The first kappa shape index (κ1) is 9.76. The molecule has 0 aliphatic rings. The molecular weight excluding hydrogens is 190 g/mol. The van der Waals surface area contributed by atoms with Crippen LogP contribution in [0.3, 0.4) is 0 Å². The van der Waals surface area contributed by atoms with Gasteiger partial charge in [-0.3, -0.25) is 4.68 Å². The molecular formula is C10H15N5. The van der Waals surface area contributed by atoms with Crippen molar-refractivity contribution in [1.82, 2.24) is 19.3 Å². The zero-order chi connectivity index (χ0) is 10.8. The van der Waals surface area contributed by atoms with Crippen LogP contribution in [0.25, 0.3) is 0 Å². The van der Waals surface area contributed by atoms with Crippen LogP contribution in [-0.4, -0.2) is 19.3 Å². The van der Waals surface area contributed by atoms with E-state index in [0.29, 0.717) is 5.82 Å². The van der Waals surface area contributed by atoms with Crippen LogP contribution in [0.1, 0.15) is 11.5 Å². The third kappa shape index (κ3) is 2.01. The second kappa shape index (κ2) is 3.76. The van der Waals surface area contributed by atoms with Crippen LogP contribution in [0, 0.1) is 6.92 Å². The second-order valence-electron chi connectivity index (χ2n) is 3.64. The van der Waals surface area contributed by atoms with Gasteiger partial charge < -0.3 is 10.3 Å². The summed E-state index contributed by atoms with van der Waals surface area (Å²) in [5, 5.41) is 4.20. The van der Waals surface area contributed by atoms with Crippen LogP contribution >= 0.6 is 0 Å². The summed E-state index contributed by atoms with van der Waals surface area (Å²) in [5.41, 5.74) is 6.69. The second-order valence-corrected chi connectivity index (χ2v) is 3.64. The van der Waals surface area contributed by atoms with Gasteiger partial charge in [0, 0.05) is 44.2 Å². The van der Waals surface area contributed by atoms with Crippen molar-refractivity contribution in [2.75, 3.05) is 5.73 Å². The predicted molar refractivity (Wildman–Crippen MR) is 58.3 cm³/mol. The monoisotopic (exact) mass is 205 g/mol. The molecule has 0 amide bonds. The summed E-state index contributed by atoms with van der Waals surface area (Å²) in [7, 11) is 1.99. The topological polar surface area (TPSA) is 61.7 Å². The molecule has 15 heavy (non-hydrogen) atoms. The normalized spacial score (nSPS) is 10.8. The fourth-order valence-electron chi connectivity index (χ4n) is 1.61. The van der Waals surface area contributed by atoms with Gasteiger partial charge >= 0.3 is 0 Å². The smallest absolute Gasteiger partial charge is 0.145 e. The summed E-state index contributed by atoms with van der Waals surface area (Å²) >= 11 is 0. The van der Waals surface area contributed by atoms with E-state index in [1.165, 1.54) is 0 Å². The molecule has 80 valence electrons. The number of rotatable bonds is 3. The van der Waals surface area contributed by atoms with Crippen molar-refractivity contribution in [1.29, 1.82) is 0 Å². The maximum atomic E-state index is 5.61. The average molecular weight is 205 g/mol. The minimum absolute atomic E-state index is 0.576. The molecule has 0 spiro atoms. The highest BCUT2D eigenvalue weighted by Crippen LogP contribution is 2.05. The maximum absolute atomic E-state index is 5.61. The minimum Gasteiger partial charge on any atom is -0.382 e. The van der Waals surface area contributed by atoms with Crippen molar-refractivity contribution < 1.29 is 0 Å². The summed E-state index contributed by atoms with van der Waals surface area (Å²) < 4.78 is 3.92. The van der Waals surface area contributed by atoms with Gasteiger partial charge in [-0.05, 0) is 6.92 Å². The summed E-state index contributed by atoms with van der Waals surface area (Å²) in [6.07, 6.45) is 4.62. The molecule has 0 radical (unpaired) electrons. The van der Waals surface area contributed by atoms with Crippen molar-refractivity contribution in [3.8, 4) is 0 Å². The first-order valence-electron chi connectivity index (χ1n) is 4.93. The summed E-state index contributed by atoms with van der Waals surface area (Å²) in [4.78, 5) is 4.26. The lowest BCUT2D eigenvalue weighted by atomic mass is 10.4. The molecule has 0 saturated carbocycles. The Labute approximate surface area is 88.5 Å². The third-order valence-electron chi connectivity index (χ3n) is 2.47. The van der Waals surface area contributed by atoms with Gasteiger partial charge in [-0.25, -0.2) is 4.98 Å². The fraction of sp³-hybridized carbons (Fsp3) is 0.400. The number of anilines is 1. The highest BCUT2D eigenvalue weighted by atomic mass is 15.3. The Balaban J connectivity index is 2.05. The zero-order valence-electron chi connectivity index (χ0n) is 9.01. The first-order chi connectivity index (χ1) is 7.16. The van der Waals surface area contributed by atoms with Crippen LogP contribution in [0.4, 0.5) is 5.82 Å². The number of imidazole rings is 1. The lowest BCUT2D eigenvalue weighted by Crippen LogP contribution is -2.08. The quantitative estimate of drug-likeness (QED) is 0.804. The van der Waals surface area contributed by atoms with Crippen LogP contribution in [0.15, 0.2) is 18.5 Å². The molecule has 0 unspecified atom stereocenters. The van der Waals surface area contributed by atoms with Crippen molar-refractivity contribution in [2.24, 2.45) is 7.05 Å². The number of nitrogens with zero attached hydrogens (tertiary/aromatic N) is 4. The number of aromatic nitrogens is 4. The van der Waals surface area contributed by atoms with Crippen LogP contribution in [0.2, 0.25) is 0 Å². The van der Waals surface area contributed by atoms with E-state index in [0.717, 1.165) is 24.5 Å². The highest BCUT2D eigenvalue weighted by Gasteiger charge is 2.03. The molecule has 0 aliphatic heterocycles. The number of aryl methyl sites for hydroxylation is 4. The van der Waals surface area contributed by atoms with Gasteiger partial charge in [0.1, 0.15) is 11.6 Å². The van der Waals surface area contributed by atoms with Gasteiger partial charge in [0.05, 0.1) is 0 Å². The SMILES string of the molecule is Cc1cc(N)nn1CCc1nccn1C. The minimum atomic E-state index is 0.576. The van der Waals surface area contributed by atoms with Crippen LogP contribution < -0.4 is 5.73 Å². The van der Waals surface area contributed by atoms with E-state index < -0.39 is 0 Å². The molecule has 5 nitrogen and oxygen atoms in total. The molecule has 0 atom stereocenters. The van der Waals surface area contributed by atoms with Crippen molar-refractivity contribution in [3.63, 3.8) is 0 Å². The summed E-state index contributed by atoms with van der Waals surface area (Å²) in [5.74, 6) is 1.64. The Morgan fingerprint density at radius 2 is 2.27 bits per heavy atom. The number of nitrogen functional groups attached to an aromatic ring is 1. The number of nitrogens with two attached hydrogens (primary N) is 1. The number of hydrogen-bond acceptors (Lipinski definition) is 3. The van der Waals surface area contributed by atoms with Crippen LogP contribution in [-0.2, 0) is 20.0 Å². The molecule has 0 bridgehead atoms. The average Bonchev–Trinajstić information content (AvgIpc) is 2.70. The van der Waals surface area contributed by atoms with E-state index in [-0.39, 0.29) is 0 Å². The predicted octanol–water partition coefficient (Wildman–Crippen LogP) is 0.750. The van der Waals surface area contributed by atoms with Gasteiger partial charge in [0.2, 0.25) is 0 Å². The highest BCUT2D eigenvalue weighted by molar-refractivity contribution is 5.28. The lowest BCUT2D eigenvalue weighted by molar-refractivity contribution is 0.578. The standard InChI is InChI=1S/C10H15N5/c1-8-7-9(11)13-15(8)5-3-10-12-4-6-14(10)2/h4,6-7H,3,5H2,1-2H3,(H2,11,13). The molecule has 2 rings (SSSR count). The fourth-order valence-corrected chi connectivity index (χ4v) is 1.61. The Hall–Kier alpha value is -1.78. The summed E-state index contributed by atoms with van der Waals surface area (Å²) in [6.45, 7) is 2.82. The van der Waals surface area contributed by atoms with Crippen molar-refractivity contribution in [2.45, 2.75) is 19.9 Å². The van der Waals surface area contributed by atoms with Crippen molar-refractivity contribution in [3.05, 3.63) is 30.0 Å². The molecule has 0 saturated heterocycles. The molecule has 2 aromatic rings. The van der Waals surface area contributed by atoms with E-state index >= 15 is 0 Å². The van der Waals surface area contributed by atoms with Gasteiger partial charge in [-0.15, -0.1) is 0 Å². The van der Waals surface area contributed by atoms with Gasteiger partial charge in [0.15, 0.2) is 0 Å². The van der Waals surface area contributed by atoms with E-state index in [4.69, 9.17) is 5.73 Å². The Kier molecular flexibility index (Phi) is 2.45. The molecule has 0 aliphatic carbocycles. The number of hydrogen-bond donors (Lipinski definition) is 1. The van der Waals surface area contributed by atoms with E-state index in [9.17, 15) is 0 Å². The van der Waals surface area contributed by atoms with E-state index in [1.807, 2.05) is 35.5 Å². The molecule has 0 aromatic carbocycles. The Morgan fingerprint density at radius 1 is 1.47 bits per heavy atom. The molecule has 2 aromatic heterocycles. The van der Waals surface area contributed by atoms with Gasteiger partial charge in [-0.2, -0.15) is 5.10 Å². The third-order valence-corrected chi connectivity index (χ3v) is 2.47. The summed E-state index contributed by atoms with van der Waals surface area (Å²) in [6, 6.07) is 1.87.